The Bertz CT molecular complexity index is 409. The van der Waals surface area contributed by atoms with Gasteiger partial charge in [-0.2, -0.15) is 0 Å². The van der Waals surface area contributed by atoms with E-state index in [4.69, 9.17) is 0 Å². The summed E-state index contributed by atoms with van der Waals surface area (Å²) in [6.07, 6.45) is 8.24. The fourth-order valence-electron chi connectivity index (χ4n) is 1.95. The average Bonchev–Trinajstić information content (AvgIpc) is 2.86. The van der Waals surface area contributed by atoms with Crippen LogP contribution in [-0.2, 0) is 0 Å². The van der Waals surface area contributed by atoms with Crippen molar-refractivity contribution in [1.29, 1.82) is 0 Å². The fraction of sp³-hybridized carbons (Fsp3) is 0.400. The Morgan fingerprint density at radius 1 is 1.50 bits per heavy atom. The number of nitrogens with zero attached hydrogens (tertiary/aromatic N) is 3. The Morgan fingerprint density at radius 2 is 2.50 bits per heavy atom. The first kappa shape index (κ1) is 7.94. The van der Waals surface area contributed by atoms with Gasteiger partial charge < -0.3 is 5.32 Å². The van der Waals surface area contributed by atoms with E-state index < -0.39 is 0 Å². The van der Waals surface area contributed by atoms with Crippen molar-refractivity contribution in [2.24, 2.45) is 0 Å². The van der Waals surface area contributed by atoms with E-state index in [0.29, 0.717) is 6.04 Å². The SMILES string of the molecule is c1cnc2nc([C@H]3CCCN3)cn2c1. The summed E-state index contributed by atoms with van der Waals surface area (Å²) in [6.45, 7) is 1.10. The molecule has 4 heteroatoms. The molecule has 1 saturated heterocycles. The van der Waals surface area contributed by atoms with Gasteiger partial charge in [0.25, 0.3) is 0 Å². The largest absolute Gasteiger partial charge is 0.309 e. The molecule has 0 saturated carbocycles. The van der Waals surface area contributed by atoms with E-state index in [1.54, 1.807) is 6.20 Å². The van der Waals surface area contributed by atoms with Gasteiger partial charge in [-0.3, -0.25) is 4.40 Å². The molecule has 3 heterocycles. The van der Waals surface area contributed by atoms with Crippen LogP contribution >= 0.6 is 0 Å². The van der Waals surface area contributed by atoms with Crippen molar-refractivity contribution in [3.8, 4) is 0 Å². The minimum atomic E-state index is 0.427. The summed E-state index contributed by atoms with van der Waals surface area (Å²) >= 11 is 0. The van der Waals surface area contributed by atoms with Crippen LogP contribution in [0.4, 0.5) is 0 Å². The van der Waals surface area contributed by atoms with Crippen molar-refractivity contribution in [3.63, 3.8) is 0 Å². The molecule has 1 aliphatic heterocycles. The minimum Gasteiger partial charge on any atom is -0.309 e. The van der Waals surface area contributed by atoms with Crippen molar-refractivity contribution in [2.45, 2.75) is 18.9 Å². The molecular weight excluding hydrogens is 176 g/mol. The maximum atomic E-state index is 4.48. The van der Waals surface area contributed by atoms with Crippen LogP contribution in [0.25, 0.3) is 5.78 Å². The summed E-state index contributed by atoms with van der Waals surface area (Å²) in [7, 11) is 0. The molecule has 1 fully saturated rings. The molecule has 0 radical (unpaired) electrons. The number of hydrogen-bond acceptors (Lipinski definition) is 3. The lowest BCUT2D eigenvalue weighted by Gasteiger charge is -2.03. The fourth-order valence-corrected chi connectivity index (χ4v) is 1.95. The number of nitrogens with one attached hydrogen (secondary N) is 1. The van der Waals surface area contributed by atoms with Crippen LogP contribution in [0.5, 0.6) is 0 Å². The molecule has 1 atom stereocenters. The Balaban J connectivity index is 2.05. The van der Waals surface area contributed by atoms with Crippen LogP contribution in [0.3, 0.4) is 0 Å². The monoisotopic (exact) mass is 188 g/mol. The third kappa shape index (κ3) is 1.19. The van der Waals surface area contributed by atoms with Gasteiger partial charge >= 0.3 is 0 Å². The van der Waals surface area contributed by atoms with Crippen LogP contribution in [0.1, 0.15) is 24.6 Å². The predicted molar refractivity (Wildman–Crippen MR) is 53.0 cm³/mol. The Kier molecular flexibility index (Phi) is 1.73. The summed E-state index contributed by atoms with van der Waals surface area (Å²) in [5.41, 5.74) is 1.11. The lowest BCUT2D eigenvalue weighted by atomic mass is 10.2. The molecule has 14 heavy (non-hydrogen) atoms. The van der Waals surface area contributed by atoms with Gasteiger partial charge in [-0.05, 0) is 25.5 Å². The molecule has 2 aromatic heterocycles. The molecule has 0 spiro atoms. The van der Waals surface area contributed by atoms with Gasteiger partial charge in [0.1, 0.15) is 0 Å². The van der Waals surface area contributed by atoms with Crippen LogP contribution < -0.4 is 5.32 Å². The summed E-state index contributed by atoms with van der Waals surface area (Å²) in [4.78, 5) is 8.68. The molecule has 0 aliphatic carbocycles. The molecule has 0 aromatic carbocycles. The Hall–Kier alpha value is -1.42. The van der Waals surface area contributed by atoms with E-state index in [0.717, 1.165) is 18.0 Å². The highest BCUT2D eigenvalue weighted by atomic mass is 15.1. The highest BCUT2D eigenvalue weighted by Gasteiger charge is 2.18. The molecule has 3 rings (SSSR count). The summed E-state index contributed by atoms with van der Waals surface area (Å²) in [5, 5.41) is 3.43. The van der Waals surface area contributed by atoms with Crippen LogP contribution in [0.2, 0.25) is 0 Å². The first-order chi connectivity index (χ1) is 6.93. The zero-order valence-electron chi connectivity index (χ0n) is 7.85. The third-order valence-electron chi connectivity index (χ3n) is 2.67. The van der Waals surface area contributed by atoms with E-state index in [1.807, 2.05) is 16.7 Å². The summed E-state index contributed by atoms with van der Waals surface area (Å²) in [6, 6.07) is 2.34. The molecule has 1 N–H and O–H groups in total. The van der Waals surface area contributed by atoms with E-state index in [2.05, 4.69) is 21.5 Å². The first-order valence-corrected chi connectivity index (χ1v) is 4.96. The van der Waals surface area contributed by atoms with E-state index in [-0.39, 0.29) is 0 Å². The summed E-state index contributed by atoms with van der Waals surface area (Å²) < 4.78 is 1.97. The maximum absolute atomic E-state index is 4.48. The van der Waals surface area contributed by atoms with Gasteiger partial charge in [0.15, 0.2) is 0 Å². The zero-order valence-corrected chi connectivity index (χ0v) is 7.85. The second-order valence-corrected chi connectivity index (χ2v) is 3.64. The van der Waals surface area contributed by atoms with Crippen LogP contribution in [0, 0.1) is 0 Å². The molecule has 72 valence electrons. The van der Waals surface area contributed by atoms with Crippen LogP contribution in [-0.4, -0.2) is 20.9 Å². The van der Waals surface area contributed by atoms with E-state index >= 15 is 0 Å². The molecule has 0 amide bonds. The first-order valence-electron chi connectivity index (χ1n) is 4.96. The maximum Gasteiger partial charge on any atom is 0.233 e. The normalized spacial score (nSPS) is 21.9. The Labute approximate surface area is 82.0 Å². The predicted octanol–water partition coefficient (Wildman–Crippen LogP) is 1.15. The topological polar surface area (TPSA) is 42.2 Å². The van der Waals surface area contributed by atoms with Crippen molar-refractivity contribution in [3.05, 3.63) is 30.4 Å². The quantitative estimate of drug-likeness (QED) is 0.730. The number of hydrogen-bond donors (Lipinski definition) is 1. The highest BCUT2D eigenvalue weighted by Crippen LogP contribution is 2.21. The number of rotatable bonds is 1. The van der Waals surface area contributed by atoms with Crippen LogP contribution in [0.15, 0.2) is 24.7 Å². The van der Waals surface area contributed by atoms with Crippen molar-refractivity contribution in [1.82, 2.24) is 19.7 Å². The van der Waals surface area contributed by atoms with Crippen molar-refractivity contribution in [2.75, 3.05) is 6.54 Å². The molecule has 0 unspecified atom stereocenters. The standard InChI is InChI=1S/C10H12N4/c1-3-8(11-4-1)9-7-14-6-2-5-12-10(14)13-9/h2,5-8,11H,1,3-4H2/t8-/m1/s1. The van der Waals surface area contributed by atoms with E-state index in [1.165, 1.54) is 12.8 Å². The molecule has 2 aromatic rings. The van der Waals surface area contributed by atoms with Crippen molar-refractivity contribution < 1.29 is 0 Å². The van der Waals surface area contributed by atoms with Gasteiger partial charge in [0.05, 0.1) is 11.7 Å². The lowest BCUT2D eigenvalue weighted by Crippen LogP contribution is -2.12. The second kappa shape index (κ2) is 3.06. The smallest absolute Gasteiger partial charge is 0.233 e. The molecule has 4 nitrogen and oxygen atoms in total. The van der Waals surface area contributed by atoms with Gasteiger partial charge in [0, 0.05) is 18.6 Å². The van der Waals surface area contributed by atoms with Gasteiger partial charge in [-0.15, -0.1) is 0 Å². The molecular formula is C10H12N4. The third-order valence-corrected chi connectivity index (χ3v) is 2.67. The molecule has 1 aliphatic rings. The second-order valence-electron chi connectivity index (χ2n) is 3.64. The minimum absolute atomic E-state index is 0.427. The van der Waals surface area contributed by atoms with Gasteiger partial charge in [-0.1, -0.05) is 0 Å². The number of imidazole rings is 1. The van der Waals surface area contributed by atoms with Gasteiger partial charge in [-0.25, -0.2) is 9.97 Å². The average molecular weight is 188 g/mol. The number of fused-ring (bicyclic) bond motifs is 1. The number of aromatic nitrogens is 3. The molecule has 0 bridgehead atoms. The zero-order chi connectivity index (χ0) is 9.38. The lowest BCUT2D eigenvalue weighted by molar-refractivity contribution is 0.632. The highest BCUT2D eigenvalue weighted by molar-refractivity contribution is 5.30. The van der Waals surface area contributed by atoms with Crippen molar-refractivity contribution >= 4 is 5.78 Å². The van der Waals surface area contributed by atoms with Gasteiger partial charge in [0.2, 0.25) is 5.78 Å². The Morgan fingerprint density at radius 3 is 3.29 bits per heavy atom. The van der Waals surface area contributed by atoms with E-state index in [9.17, 15) is 0 Å². The summed E-state index contributed by atoms with van der Waals surface area (Å²) in [5.74, 6) is 0.788.